The maximum atomic E-state index is 5.22. The molecule has 0 bridgehead atoms. The quantitative estimate of drug-likeness (QED) is 0.557. The predicted molar refractivity (Wildman–Crippen MR) is 36.7 cm³/mol. The van der Waals surface area contributed by atoms with E-state index in [0.717, 1.165) is 32.7 Å². The number of hydrogen-bond acceptors (Lipinski definition) is 3. The van der Waals surface area contributed by atoms with E-state index in [1.807, 2.05) is 0 Å². The molecule has 2 fully saturated rings. The van der Waals surface area contributed by atoms with Gasteiger partial charge >= 0.3 is 0 Å². The average Bonchev–Trinajstić information content (AvgIpc) is 2.74. The van der Waals surface area contributed by atoms with Crippen LogP contribution in [0.3, 0.4) is 0 Å². The fraction of sp³-hybridized carbons (Fsp3) is 1.00. The Morgan fingerprint density at radius 3 is 2.50 bits per heavy atom. The monoisotopic (exact) mass is 143 g/mol. The van der Waals surface area contributed by atoms with Crippen molar-refractivity contribution >= 4 is 0 Å². The van der Waals surface area contributed by atoms with Crippen molar-refractivity contribution in [2.45, 2.75) is 25.1 Å². The van der Waals surface area contributed by atoms with E-state index >= 15 is 0 Å². The van der Waals surface area contributed by atoms with Gasteiger partial charge in [-0.15, -0.1) is 0 Å². The van der Waals surface area contributed by atoms with Gasteiger partial charge in [-0.1, -0.05) is 0 Å². The molecule has 3 nitrogen and oxygen atoms in total. The van der Waals surface area contributed by atoms with Crippen molar-refractivity contribution in [1.82, 2.24) is 5.32 Å². The average molecular weight is 143 g/mol. The van der Waals surface area contributed by atoms with Gasteiger partial charge in [-0.2, -0.15) is 0 Å². The Balaban J connectivity index is 1.69. The molecule has 10 heavy (non-hydrogen) atoms. The van der Waals surface area contributed by atoms with Gasteiger partial charge in [-0.05, 0) is 12.8 Å². The van der Waals surface area contributed by atoms with Crippen LogP contribution in [0.5, 0.6) is 0 Å². The zero-order valence-electron chi connectivity index (χ0n) is 6.01. The molecule has 0 aliphatic carbocycles. The molecule has 58 valence electrons. The van der Waals surface area contributed by atoms with Crippen molar-refractivity contribution in [2.24, 2.45) is 0 Å². The first-order chi connectivity index (χ1) is 4.95. The number of hydrogen-bond donors (Lipinski definition) is 1. The highest BCUT2D eigenvalue weighted by Gasteiger charge is 2.26. The molecule has 0 aromatic heterocycles. The number of ether oxygens (including phenoxy) is 2. The highest BCUT2D eigenvalue weighted by Crippen LogP contribution is 2.12. The fourth-order valence-electron chi connectivity index (χ4n) is 1.27. The fourth-order valence-corrected chi connectivity index (χ4v) is 1.27. The second kappa shape index (κ2) is 2.86. The Morgan fingerprint density at radius 2 is 1.90 bits per heavy atom. The minimum atomic E-state index is 0.364. The Labute approximate surface area is 60.7 Å². The summed E-state index contributed by atoms with van der Waals surface area (Å²) in [7, 11) is 0. The van der Waals surface area contributed by atoms with Crippen molar-refractivity contribution in [3.63, 3.8) is 0 Å². The molecule has 1 unspecified atom stereocenters. The lowest BCUT2D eigenvalue weighted by Crippen LogP contribution is -2.36. The van der Waals surface area contributed by atoms with E-state index in [1.165, 1.54) is 0 Å². The summed E-state index contributed by atoms with van der Waals surface area (Å²) in [5, 5.41) is 3.39. The molecule has 0 amide bonds. The molecule has 0 radical (unpaired) electrons. The molecule has 0 aromatic rings. The van der Waals surface area contributed by atoms with Gasteiger partial charge in [0.15, 0.2) is 0 Å². The first-order valence-electron chi connectivity index (χ1n) is 3.90. The SMILES string of the molecule is C1CC(NC2CO2)CCO1. The van der Waals surface area contributed by atoms with Crippen LogP contribution in [0.1, 0.15) is 12.8 Å². The smallest absolute Gasteiger partial charge is 0.132 e. The Bertz CT molecular complexity index is 108. The van der Waals surface area contributed by atoms with E-state index in [-0.39, 0.29) is 0 Å². The van der Waals surface area contributed by atoms with Gasteiger partial charge in [-0.25, -0.2) is 0 Å². The summed E-state index contributed by atoms with van der Waals surface area (Å²) in [5.41, 5.74) is 0. The Kier molecular flexibility index (Phi) is 1.88. The third-order valence-corrected chi connectivity index (χ3v) is 1.98. The van der Waals surface area contributed by atoms with Crippen LogP contribution in [0.4, 0.5) is 0 Å². The van der Waals surface area contributed by atoms with Crippen LogP contribution >= 0.6 is 0 Å². The topological polar surface area (TPSA) is 33.8 Å². The van der Waals surface area contributed by atoms with Gasteiger partial charge in [0.05, 0.1) is 6.61 Å². The van der Waals surface area contributed by atoms with E-state index in [0.29, 0.717) is 12.3 Å². The maximum absolute atomic E-state index is 5.22. The molecule has 3 heteroatoms. The number of nitrogens with one attached hydrogen (secondary N) is 1. The van der Waals surface area contributed by atoms with Crippen LogP contribution in [0.2, 0.25) is 0 Å². The van der Waals surface area contributed by atoms with Crippen LogP contribution in [0.25, 0.3) is 0 Å². The largest absolute Gasteiger partial charge is 0.381 e. The molecule has 0 spiro atoms. The van der Waals surface area contributed by atoms with Crippen LogP contribution in [-0.4, -0.2) is 32.1 Å². The normalized spacial score (nSPS) is 34.2. The summed E-state index contributed by atoms with van der Waals surface area (Å²) < 4.78 is 10.3. The standard InChI is InChI=1S/C7H13NO2/c1-3-9-4-2-6(1)8-7-5-10-7/h6-8H,1-5H2. The maximum Gasteiger partial charge on any atom is 0.132 e. The van der Waals surface area contributed by atoms with Crippen LogP contribution < -0.4 is 5.32 Å². The molecular weight excluding hydrogens is 130 g/mol. The Hall–Kier alpha value is -0.120. The second-order valence-electron chi connectivity index (χ2n) is 2.88. The third-order valence-electron chi connectivity index (χ3n) is 1.98. The van der Waals surface area contributed by atoms with Gasteiger partial charge in [0, 0.05) is 19.3 Å². The van der Waals surface area contributed by atoms with E-state index < -0.39 is 0 Å². The summed E-state index contributed by atoms with van der Waals surface area (Å²) in [4.78, 5) is 0. The van der Waals surface area contributed by atoms with Crippen molar-refractivity contribution < 1.29 is 9.47 Å². The number of epoxide rings is 1. The van der Waals surface area contributed by atoms with E-state index in [1.54, 1.807) is 0 Å². The highest BCUT2D eigenvalue weighted by molar-refractivity contribution is 4.76. The van der Waals surface area contributed by atoms with E-state index in [4.69, 9.17) is 9.47 Å². The van der Waals surface area contributed by atoms with E-state index in [2.05, 4.69) is 5.32 Å². The molecule has 2 aliphatic heterocycles. The second-order valence-corrected chi connectivity index (χ2v) is 2.88. The van der Waals surface area contributed by atoms with Gasteiger partial charge in [0.2, 0.25) is 0 Å². The van der Waals surface area contributed by atoms with Crippen molar-refractivity contribution in [2.75, 3.05) is 19.8 Å². The lowest BCUT2D eigenvalue weighted by Gasteiger charge is -2.21. The zero-order valence-corrected chi connectivity index (χ0v) is 6.01. The molecule has 1 atom stereocenters. The van der Waals surface area contributed by atoms with Gasteiger partial charge in [0.1, 0.15) is 6.23 Å². The first kappa shape index (κ1) is 6.58. The highest BCUT2D eigenvalue weighted by atomic mass is 16.6. The molecule has 0 saturated carbocycles. The lowest BCUT2D eigenvalue weighted by atomic mass is 10.1. The minimum Gasteiger partial charge on any atom is -0.381 e. The van der Waals surface area contributed by atoms with Crippen LogP contribution in [0, 0.1) is 0 Å². The van der Waals surface area contributed by atoms with Crippen molar-refractivity contribution in [1.29, 1.82) is 0 Å². The molecule has 2 heterocycles. The van der Waals surface area contributed by atoms with Crippen LogP contribution in [0.15, 0.2) is 0 Å². The van der Waals surface area contributed by atoms with Crippen molar-refractivity contribution in [3.05, 3.63) is 0 Å². The molecule has 2 rings (SSSR count). The zero-order chi connectivity index (χ0) is 6.81. The summed E-state index contributed by atoms with van der Waals surface area (Å²) in [6.07, 6.45) is 2.64. The predicted octanol–water partition coefficient (Wildman–Crippen LogP) is 0.111. The summed E-state index contributed by atoms with van der Waals surface area (Å²) >= 11 is 0. The van der Waals surface area contributed by atoms with Crippen LogP contribution in [-0.2, 0) is 9.47 Å². The summed E-state index contributed by atoms with van der Waals surface area (Å²) in [5.74, 6) is 0. The first-order valence-corrected chi connectivity index (χ1v) is 3.90. The molecule has 1 N–H and O–H groups in total. The lowest BCUT2D eigenvalue weighted by molar-refractivity contribution is 0.0746. The molecular formula is C7H13NO2. The van der Waals surface area contributed by atoms with E-state index in [9.17, 15) is 0 Å². The summed E-state index contributed by atoms with van der Waals surface area (Å²) in [6.45, 7) is 2.71. The van der Waals surface area contributed by atoms with Gasteiger partial charge in [0.25, 0.3) is 0 Å². The summed E-state index contributed by atoms with van der Waals surface area (Å²) in [6, 6.07) is 0.640. The van der Waals surface area contributed by atoms with Crippen molar-refractivity contribution in [3.8, 4) is 0 Å². The van der Waals surface area contributed by atoms with Gasteiger partial charge < -0.3 is 9.47 Å². The number of rotatable bonds is 2. The minimum absolute atomic E-state index is 0.364. The third kappa shape index (κ3) is 1.68. The Morgan fingerprint density at radius 1 is 1.20 bits per heavy atom. The molecule has 2 aliphatic rings. The molecule has 2 saturated heterocycles. The van der Waals surface area contributed by atoms with Gasteiger partial charge in [-0.3, -0.25) is 5.32 Å². The molecule has 0 aromatic carbocycles.